The van der Waals surface area contributed by atoms with Crippen LogP contribution < -0.4 is 0 Å². The van der Waals surface area contributed by atoms with Gasteiger partial charge < -0.3 is 10.0 Å². The van der Waals surface area contributed by atoms with Crippen molar-refractivity contribution in [3.8, 4) is 0 Å². The molecule has 100 valence electrons. The van der Waals surface area contributed by atoms with Crippen LogP contribution in [0.15, 0.2) is 48.5 Å². The van der Waals surface area contributed by atoms with Gasteiger partial charge in [-0.15, -0.1) is 0 Å². The van der Waals surface area contributed by atoms with E-state index < -0.39 is 6.10 Å². The lowest BCUT2D eigenvalue weighted by molar-refractivity contribution is 0.217. The number of hydrogen-bond acceptors (Lipinski definition) is 2. The first kappa shape index (κ1) is 13.8. The molecule has 2 nitrogen and oxygen atoms in total. The quantitative estimate of drug-likeness (QED) is 0.907. The fourth-order valence-corrected chi connectivity index (χ4v) is 2.27. The zero-order valence-corrected chi connectivity index (χ0v) is 11.8. The first-order valence-electron chi connectivity index (χ1n) is 6.55. The minimum atomic E-state index is -0.559. The van der Waals surface area contributed by atoms with Crippen LogP contribution in [0.4, 0.5) is 0 Å². The van der Waals surface area contributed by atoms with Gasteiger partial charge in [-0.25, -0.2) is 0 Å². The molecular formula is C17H21NO. The number of benzene rings is 2. The molecule has 0 saturated heterocycles. The van der Waals surface area contributed by atoms with Gasteiger partial charge in [-0.1, -0.05) is 54.1 Å². The highest BCUT2D eigenvalue weighted by atomic mass is 16.3. The van der Waals surface area contributed by atoms with E-state index in [2.05, 4.69) is 30.0 Å². The molecule has 2 aromatic rings. The molecule has 0 radical (unpaired) electrons. The summed E-state index contributed by atoms with van der Waals surface area (Å²) in [5, 5.41) is 10.6. The molecule has 0 saturated carbocycles. The van der Waals surface area contributed by atoms with Gasteiger partial charge in [-0.05, 0) is 37.7 Å². The van der Waals surface area contributed by atoms with E-state index in [4.69, 9.17) is 0 Å². The highest BCUT2D eigenvalue weighted by molar-refractivity contribution is 5.38. The van der Waals surface area contributed by atoms with E-state index >= 15 is 0 Å². The van der Waals surface area contributed by atoms with E-state index in [1.807, 2.05) is 44.4 Å². The second-order valence-corrected chi connectivity index (χ2v) is 5.25. The van der Waals surface area contributed by atoms with Gasteiger partial charge in [0.15, 0.2) is 0 Å². The van der Waals surface area contributed by atoms with E-state index in [0.717, 1.165) is 17.7 Å². The second kappa shape index (κ2) is 6.00. The average Bonchev–Trinajstić information content (AvgIpc) is 2.40. The van der Waals surface area contributed by atoms with Crippen molar-refractivity contribution in [1.29, 1.82) is 0 Å². The maximum Gasteiger partial charge on any atom is 0.104 e. The largest absolute Gasteiger partial charge is 0.384 e. The molecular weight excluding hydrogens is 234 g/mol. The van der Waals surface area contributed by atoms with Crippen LogP contribution in [0.3, 0.4) is 0 Å². The van der Waals surface area contributed by atoms with Crippen LogP contribution in [0, 0.1) is 6.92 Å². The first-order valence-corrected chi connectivity index (χ1v) is 6.55. The minimum absolute atomic E-state index is 0.559. The van der Waals surface area contributed by atoms with Crippen molar-refractivity contribution < 1.29 is 5.11 Å². The molecule has 2 aromatic carbocycles. The number of aryl methyl sites for hydroxylation is 1. The van der Waals surface area contributed by atoms with Gasteiger partial charge in [-0.3, -0.25) is 0 Å². The summed E-state index contributed by atoms with van der Waals surface area (Å²) < 4.78 is 0. The van der Waals surface area contributed by atoms with E-state index in [1.165, 1.54) is 11.1 Å². The van der Waals surface area contributed by atoms with E-state index in [1.54, 1.807) is 0 Å². The Hall–Kier alpha value is -1.64. The van der Waals surface area contributed by atoms with Crippen molar-refractivity contribution in [2.75, 3.05) is 14.1 Å². The lowest BCUT2D eigenvalue weighted by Crippen LogP contribution is -2.14. The smallest absolute Gasteiger partial charge is 0.104 e. The third-order valence-corrected chi connectivity index (χ3v) is 3.20. The van der Waals surface area contributed by atoms with Crippen LogP contribution in [-0.4, -0.2) is 24.1 Å². The third kappa shape index (κ3) is 3.43. The number of hydrogen-bond donors (Lipinski definition) is 1. The van der Waals surface area contributed by atoms with Crippen molar-refractivity contribution in [2.45, 2.75) is 19.6 Å². The number of rotatable bonds is 4. The summed E-state index contributed by atoms with van der Waals surface area (Å²) in [6, 6.07) is 16.1. The molecule has 2 rings (SSSR count). The van der Waals surface area contributed by atoms with Gasteiger partial charge in [0.05, 0.1) is 0 Å². The summed E-state index contributed by atoms with van der Waals surface area (Å²) >= 11 is 0. The molecule has 0 aliphatic heterocycles. The van der Waals surface area contributed by atoms with Crippen molar-refractivity contribution in [3.05, 3.63) is 70.8 Å². The zero-order valence-electron chi connectivity index (χ0n) is 11.8. The van der Waals surface area contributed by atoms with Crippen LogP contribution in [-0.2, 0) is 6.54 Å². The summed E-state index contributed by atoms with van der Waals surface area (Å²) in [5.41, 5.74) is 4.28. The van der Waals surface area contributed by atoms with Gasteiger partial charge in [0.2, 0.25) is 0 Å². The summed E-state index contributed by atoms with van der Waals surface area (Å²) in [6.45, 7) is 2.89. The SMILES string of the molecule is Cc1ccc(CN(C)C)c(C(O)c2ccccc2)c1. The summed E-state index contributed by atoms with van der Waals surface area (Å²) in [5.74, 6) is 0. The van der Waals surface area contributed by atoms with Crippen molar-refractivity contribution >= 4 is 0 Å². The van der Waals surface area contributed by atoms with Crippen molar-refractivity contribution in [1.82, 2.24) is 4.90 Å². The number of aliphatic hydroxyl groups is 1. The standard InChI is InChI=1S/C17H21NO/c1-13-9-10-15(12-18(2)3)16(11-13)17(19)14-7-5-4-6-8-14/h4-11,17,19H,12H2,1-3H3. The molecule has 19 heavy (non-hydrogen) atoms. The van der Waals surface area contributed by atoms with Crippen LogP contribution in [0.5, 0.6) is 0 Å². The Kier molecular flexibility index (Phi) is 4.35. The molecule has 0 aromatic heterocycles. The Morgan fingerprint density at radius 3 is 2.37 bits per heavy atom. The first-order chi connectivity index (χ1) is 9.08. The molecule has 2 heteroatoms. The molecule has 0 fully saturated rings. The Morgan fingerprint density at radius 1 is 1.05 bits per heavy atom. The molecule has 1 atom stereocenters. The van der Waals surface area contributed by atoms with E-state index in [9.17, 15) is 5.11 Å². The second-order valence-electron chi connectivity index (χ2n) is 5.25. The summed E-state index contributed by atoms with van der Waals surface area (Å²) in [4.78, 5) is 2.12. The average molecular weight is 255 g/mol. The Balaban J connectivity index is 2.39. The van der Waals surface area contributed by atoms with E-state index in [0.29, 0.717) is 0 Å². The van der Waals surface area contributed by atoms with Gasteiger partial charge in [0.1, 0.15) is 6.10 Å². The Bertz CT molecular complexity index is 534. The van der Waals surface area contributed by atoms with Gasteiger partial charge >= 0.3 is 0 Å². The highest BCUT2D eigenvalue weighted by Crippen LogP contribution is 2.26. The lowest BCUT2D eigenvalue weighted by atomic mass is 9.95. The molecule has 1 N–H and O–H groups in total. The van der Waals surface area contributed by atoms with Gasteiger partial charge in [-0.2, -0.15) is 0 Å². The molecule has 0 bridgehead atoms. The highest BCUT2D eigenvalue weighted by Gasteiger charge is 2.14. The molecule has 0 amide bonds. The van der Waals surface area contributed by atoms with Crippen LogP contribution in [0.2, 0.25) is 0 Å². The third-order valence-electron chi connectivity index (χ3n) is 3.20. The fraction of sp³-hybridized carbons (Fsp3) is 0.294. The predicted octanol–water partition coefficient (Wildman–Crippen LogP) is 3.14. The molecule has 0 aliphatic carbocycles. The van der Waals surface area contributed by atoms with E-state index in [-0.39, 0.29) is 0 Å². The monoisotopic (exact) mass is 255 g/mol. The number of nitrogens with zero attached hydrogens (tertiary/aromatic N) is 1. The zero-order chi connectivity index (χ0) is 13.8. The molecule has 0 aliphatic rings. The minimum Gasteiger partial charge on any atom is -0.384 e. The molecule has 0 spiro atoms. The van der Waals surface area contributed by atoms with Crippen LogP contribution in [0.25, 0.3) is 0 Å². The normalized spacial score (nSPS) is 12.7. The van der Waals surface area contributed by atoms with Gasteiger partial charge in [0.25, 0.3) is 0 Å². The lowest BCUT2D eigenvalue weighted by Gasteiger charge is -2.19. The molecule has 1 unspecified atom stereocenters. The van der Waals surface area contributed by atoms with Crippen LogP contribution >= 0.6 is 0 Å². The Morgan fingerprint density at radius 2 is 1.74 bits per heavy atom. The predicted molar refractivity (Wildman–Crippen MR) is 79.1 cm³/mol. The fourth-order valence-electron chi connectivity index (χ4n) is 2.27. The van der Waals surface area contributed by atoms with Crippen molar-refractivity contribution in [2.24, 2.45) is 0 Å². The number of aliphatic hydroxyl groups excluding tert-OH is 1. The van der Waals surface area contributed by atoms with Crippen LogP contribution in [0.1, 0.15) is 28.4 Å². The summed E-state index contributed by atoms with van der Waals surface area (Å²) in [6.07, 6.45) is -0.559. The summed E-state index contributed by atoms with van der Waals surface area (Å²) in [7, 11) is 4.08. The Labute approximate surface area is 115 Å². The maximum atomic E-state index is 10.6. The topological polar surface area (TPSA) is 23.5 Å². The molecule has 0 heterocycles. The maximum absolute atomic E-state index is 10.6. The van der Waals surface area contributed by atoms with Gasteiger partial charge in [0, 0.05) is 6.54 Å². The van der Waals surface area contributed by atoms with Crippen molar-refractivity contribution in [3.63, 3.8) is 0 Å².